The van der Waals surface area contributed by atoms with E-state index in [0.29, 0.717) is 12.0 Å². The molecule has 142 valence electrons. The molecule has 3 aliphatic rings. The van der Waals surface area contributed by atoms with Crippen molar-refractivity contribution in [3.63, 3.8) is 0 Å². The van der Waals surface area contributed by atoms with E-state index in [9.17, 15) is 0 Å². The lowest BCUT2D eigenvalue weighted by Gasteiger charge is -2.23. The molecule has 1 saturated carbocycles. The fourth-order valence-electron chi connectivity index (χ4n) is 5.59. The van der Waals surface area contributed by atoms with E-state index in [2.05, 4.69) is 53.8 Å². The van der Waals surface area contributed by atoms with Gasteiger partial charge >= 0.3 is 0 Å². The Morgan fingerprint density at radius 2 is 1.85 bits per heavy atom. The quantitative estimate of drug-likeness (QED) is 0.759. The van der Waals surface area contributed by atoms with Gasteiger partial charge in [-0.1, -0.05) is 42.8 Å². The van der Waals surface area contributed by atoms with Gasteiger partial charge in [0.1, 0.15) is 12.4 Å². The highest BCUT2D eigenvalue weighted by atomic mass is 16.5. The normalized spacial score (nSPS) is 26.9. The summed E-state index contributed by atoms with van der Waals surface area (Å²) in [5.74, 6) is 2.94. The van der Waals surface area contributed by atoms with E-state index >= 15 is 0 Å². The molecule has 2 fully saturated rings. The Balaban J connectivity index is 1.20. The smallest absolute Gasteiger partial charge is 0.120 e. The number of aryl methyl sites for hydroxylation is 1. The zero-order valence-electron chi connectivity index (χ0n) is 16.3. The number of fused-ring (bicyclic) bond motifs is 2. The van der Waals surface area contributed by atoms with Crippen LogP contribution in [0.3, 0.4) is 0 Å². The van der Waals surface area contributed by atoms with Crippen LogP contribution in [-0.2, 0) is 18.4 Å². The Morgan fingerprint density at radius 3 is 2.70 bits per heavy atom. The van der Waals surface area contributed by atoms with Crippen LogP contribution in [0.15, 0.2) is 48.5 Å². The van der Waals surface area contributed by atoms with Crippen LogP contribution in [0, 0.1) is 11.8 Å². The summed E-state index contributed by atoms with van der Waals surface area (Å²) in [6.07, 6.45) is 9.69. The maximum atomic E-state index is 6.05. The first-order chi connectivity index (χ1) is 13.3. The van der Waals surface area contributed by atoms with Gasteiger partial charge in [0.05, 0.1) is 0 Å². The lowest BCUT2D eigenvalue weighted by molar-refractivity contribution is 0.306. The van der Waals surface area contributed by atoms with Gasteiger partial charge in [-0.15, -0.1) is 0 Å². The van der Waals surface area contributed by atoms with Crippen molar-refractivity contribution in [2.75, 3.05) is 13.1 Å². The van der Waals surface area contributed by atoms with Gasteiger partial charge in [0.25, 0.3) is 0 Å². The molecule has 0 bridgehead atoms. The highest BCUT2D eigenvalue weighted by molar-refractivity contribution is 5.48. The molecule has 1 heterocycles. The molecule has 2 atom stereocenters. The van der Waals surface area contributed by atoms with E-state index in [-0.39, 0.29) is 0 Å². The molecule has 2 aromatic carbocycles. The summed E-state index contributed by atoms with van der Waals surface area (Å²) in [6, 6.07) is 17.3. The summed E-state index contributed by atoms with van der Waals surface area (Å²) < 4.78 is 6.05. The van der Waals surface area contributed by atoms with Crippen LogP contribution in [0.4, 0.5) is 0 Å². The van der Waals surface area contributed by atoms with Gasteiger partial charge in [-0.25, -0.2) is 0 Å². The Hall–Kier alpha value is -1.80. The first-order valence-corrected chi connectivity index (χ1v) is 10.8. The topological polar surface area (TPSA) is 21.3 Å². The van der Waals surface area contributed by atoms with Crippen molar-refractivity contribution in [2.45, 2.75) is 57.0 Å². The average Bonchev–Trinajstić information content (AvgIpc) is 3.32. The fraction of sp³-hybridized carbons (Fsp3) is 0.520. The predicted octanol–water partition coefficient (Wildman–Crippen LogP) is 5.25. The zero-order valence-corrected chi connectivity index (χ0v) is 16.3. The first-order valence-electron chi connectivity index (χ1n) is 10.8. The summed E-state index contributed by atoms with van der Waals surface area (Å²) in [5.41, 5.74) is 4.95. The molecule has 1 N–H and O–H groups in total. The molecule has 0 amide bonds. The maximum Gasteiger partial charge on any atom is 0.120 e. The molecular weight excluding hydrogens is 330 g/mol. The monoisotopic (exact) mass is 361 g/mol. The minimum atomic E-state index is 0.528. The summed E-state index contributed by atoms with van der Waals surface area (Å²) >= 11 is 0. The van der Waals surface area contributed by atoms with Crippen LogP contribution in [0.25, 0.3) is 0 Å². The van der Waals surface area contributed by atoms with E-state index in [1.807, 2.05) is 0 Å². The summed E-state index contributed by atoms with van der Waals surface area (Å²) in [6.45, 7) is 3.12. The third-order valence-corrected chi connectivity index (χ3v) is 7.32. The molecule has 5 rings (SSSR count). The van der Waals surface area contributed by atoms with E-state index < -0.39 is 0 Å². The summed E-state index contributed by atoms with van der Waals surface area (Å²) in [7, 11) is 0. The van der Waals surface area contributed by atoms with E-state index in [4.69, 9.17) is 4.74 Å². The van der Waals surface area contributed by atoms with E-state index in [0.717, 1.165) is 17.6 Å². The Bertz CT molecular complexity index is 780. The van der Waals surface area contributed by atoms with Gasteiger partial charge < -0.3 is 10.1 Å². The van der Waals surface area contributed by atoms with Gasteiger partial charge in [0.15, 0.2) is 0 Å². The van der Waals surface area contributed by atoms with Crippen molar-refractivity contribution < 1.29 is 4.74 Å². The third-order valence-electron chi connectivity index (χ3n) is 7.32. The molecule has 2 aliphatic carbocycles. The Labute approximate surface area is 163 Å². The minimum absolute atomic E-state index is 0.528. The van der Waals surface area contributed by atoms with Crippen molar-refractivity contribution in [1.82, 2.24) is 5.32 Å². The number of ether oxygens (including phenoxy) is 1. The molecule has 0 radical (unpaired) electrons. The van der Waals surface area contributed by atoms with Gasteiger partial charge in [-0.05, 0) is 97.7 Å². The lowest BCUT2D eigenvalue weighted by atomic mass is 9.88. The van der Waals surface area contributed by atoms with Crippen molar-refractivity contribution in [3.05, 3.63) is 65.2 Å². The number of rotatable bonds is 6. The fourth-order valence-corrected chi connectivity index (χ4v) is 5.59. The molecule has 0 aromatic heterocycles. The molecule has 1 saturated heterocycles. The lowest BCUT2D eigenvalue weighted by Crippen LogP contribution is -2.27. The first kappa shape index (κ1) is 17.3. The highest BCUT2D eigenvalue weighted by Gasteiger charge is 2.57. The number of piperidine rings is 1. The van der Waals surface area contributed by atoms with Crippen LogP contribution in [0.1, 0.15) is 55.2 Å². The zero-order chi connectivity index (χ0) is 18.1. The molecule has 2 heteroatoms. The van der Waals surface area contributed by atoms with Crippen LogP contribution >= 0.6 is 0 Å². The maximum absolute atomic E-state index is 6.05. The van der Waals surface area contributed by atoms with E-state index in [1.165, 1.54) is 63.6 Å². The SMILES string of the molecule is c1ccc(COc2ccc3c(c2)CCC32CC2CCC2CCNCC2)cc1. The highest BCUT2D eigenvalue weighted by Crippen LogP contribution is 2.63. The largest absolute Gasteiger partial charge is 0.489 e. The van der Waals surface area contributed by atoms with Crippen LogP contribution < -0.4 is 10.1 Å². The second-order valence-corrected chi connectivity index (χ2v) is 8.92. The number of hydrogen-bond acceptors (Lipinski definition) is 2. The third kappa shape index (κ3) is 3.52. The molecule has 2 unspecified atom stereocenters. The standard InChI is InChI=1S/C25H31NO/c1-2-4-20(5-3-1)18-27-23-8-9-24-21(16-23)10-13-25(24)17-22(25)7-6-19-11-14-26-15-12-19/h1-5,8-9,16,19,22,26H,6-7,10-15,17-18H2. The Kier molecular flexibility index (Phi) is 4.69. The summed E-state index contributed by atoms with van der Waals surface area (Å²) in [5, 5.41) is 3.49. The molecule has 27 heavy (non-hydrogen) atoms. The van der Waals surface area contributed by atoms with Gasteiger partial charge in [0, 0.05) is 0 Å². The van der Waals surface area contributed by atoms with Crippen molar-refractivity contribution in [2.24, 2.45) is 11.8 Å². The minimum Gasteiger partial charge on any atom is -0.489 e. The second-order valence-electron chi connectivity index (χ2n) is 8.92. The van der Waals surface area contributed by atoms with Crippen molar-refractivity contribution in [3.8, 4) is 5.75 Å². The number of nitrogens with one attached hydrogen (secondary N) is 1. The summed E-state index contributed by atoms with van der Waals surface area (Å²) in [4.78, 5) is 0. The number of hydrogen-bond donors (Lipinski definition) is 1. The molecule has 2 nitrogen and oxygen atoms in total. The van der Waals surface area contributed by atoms with Crippen LogP contribution in [-0.4, -0.2) is 13.1 Å². The number of benzene rings is 2. The predicted molar refractivity (Wildman–Crippen MR) is 110 cm³/mol. The molecular formula is C25H31NO. The average molecular weight is 362 g/mol. The second kappa shape index (κ2) is 7.31. The van der Waals surface area contributed by atoms with Gasteiger partial charge in [-0.3, -0.25) is 0 Å². The van der Waals surface area contributed by atoms with Crippen molar-refractivity contribution >= 4 is 0 Å². The van der Waals surface area contributed by atoms with E-state index in [1.54, 1.807) is 11.1 Å². The molecule has 1 spiro atoms. The van der Waals surface area contributed by atoms with Crippen LogP contribution in [0.2, 0.25) is 0 Å². The van der Waals surface area contributed by atoms with Crippen molar-refractivity contribution in [1.29, 1.82) is 0 Å². The molecule has 1 aliphatic heterocycles. The Morgan fingerprint density at radius 1 is 1.00 bits per heavy atom. The molecule has 2 aromatic rings. The van der Waals surface area contributed by atoms with Gasteiger partial charge in [-0.2, -0.15) is 0 Å². The van der Waals surface area contributed by atoms with Gasteiger partial charge in [0.2, 0.25) is 0 Å². The van der Waals surface area contributed by atoms with Crippen LogP contribution in [0.5, 0.6) is 5.75 Å².